The number of aryl methyl sites for hydroxylation is 1. The molecule has 4 nitrogen and oxygen atoms in total. The molecule has 0 saturated heterocycles. The summed E-state index contributed by atoms with van der Waals surface area (Å²) in [6.45, 7) is 2.79. The van der Waals surface area contributed by atoms with Crippen molar-refractivity contribution in [2.24, 2.45) is 5.73 Å². The lowest BCUT2D eigenvalue weighted by molar-refractivity contribution is 0.708. The highest BCUT2D eigenvalue weighted by molar-refractivity contribution is 9.10. The molecule has 1 aromatic rings. The summed E-state index contributed by atoms with van der Waals surface area (Å²) >= 11 is 3.14. The van der Waals surface area contributed by atoms with Crippen LogP contribution in [0.1, 0.15) is 5.82 Å². The van der Waals surface area contributed by atoms with Crippen LogP contribution in [0.25, 0.3) is 0 Å². The molecule has 0 bridgehead atoms. The van der Waals surface area contributed by atoms with Crippen LogP contribution in [0, 0.1) is 6.92 Å². The molecular formula is C9H12BrN3O. The average Bonchev–Trinajstić information content (AvgIpc) is 2.18. The molecule has 0 aliphatic rings. The molecule has 0 atom stereocenters. The van der Waals surface area contributed by atoms with Crippen LogP contribution in [-0.2, 0) is 6.54 Å². The number of aromatic nitrogens is 2. The summed E-state index contributed by atoms with van der Waals surface area (Å²) in [5.74, 6) is 0.694. The van der Waals surface area contributed by atoms with Gasteiger partial charge in [0.05, 0.1) is 0 Å². The average molecular weight is 258 g/mol. The van der Waals surface area contributed by atoms with Crippen molar-refractivity contribution in [3.63, 3.8) is 0 Å². The van der Waals surface area contributed by atoms with Gasteiger partial charge in [-0.05, 0) is 22.9 Å². The summed E-state index contributed by atoms with van der Waals surface area (Å²) in [4.78, 5) is 15.7. The molecule has 14 heavy (non-hydrogen) atoms. The van der Waals surface area contributed by atoms with Gasteiger partial charge in [0.2, 0.25) is 0 Å². The molecule has 1 aromatic heterocycles. The Hall–Kier alpha value is -0.940. The van der Waals surface area contributed by atoms with E-state index in [1.54, 1.807) is 11.5 Å². The van der Waals surface area contributed by atoms with Crippen molar-refractivity contribution in [3.05, 3.63) is 39.0 Å². The molecule has 0 spiro atoms. The highest BCUT2D eigenvalue weighted by Crippen LogP contribution is 2.01. The van der Waals surface area contributed by atoms with E-state index in [0.717, 1.165) is 0 Å². The second-order valence-corrected chi connectivity index (χ2v) is 3.63. The number of nitrogens with zero attached hydrogens (tertiary/aromatic N) is 2. The Morgan fingerprint density at radius 3 is 3.00 bits per heavy atom. The van der Waals surface area contributed by atoms with Crippen LogP contribution in [-0.4, -0.2) is 16.1 Å². The number of nitrogens with two attached hydrogens (primary N) is 1. The highest BCUT2D eigenvalue weighted by atomic mass is 79.9. The summed E-state index contributed by atoms with van der Waals surface area (Å²) in [6, 6.07) is 0. The third kappa shape index (κ3) is 2.52. The molecule has 0 aliphatic heterocycles. The van der Waals surface area contributed by atoms with Gasteiger partial charge in [-0.1, -0.05) is 12.2 Å². The molecular weight excluding hydrogens is 246 g/mol. The SMILES string of the molecule is Cc1ncc(Br)c(=O)n1C/C=C/CN. The summed E-state index contributed by atoms with van der Waals surface area (Å²) in [5.41, 5.74) is 5.23. The van der Waals surface area contributed by atoms with Gasteiger partial charge >= 0.3 is 0 Å². The van der Waals surface area contributed by atoms with Crippen LogP contribution in [0.5, 0.6) is 0 Å². The normalized spacial score (nSPS) is 11.1. The van der Waals surface area contributed by atoms with Crippen LogP contribution < -0.4 is 11.3 Å². The zero-order chi connectivity index (χ0) is 10.6. The molecule has 0 aliphatic carbocycles. The number of halogens is 1. The summed E-state index contributed by atoms with van der Waals surface area (Å²) in [5, 5.41) is 0. The number of allylic oxidation sites excluding steroid dienone is 1. The molecule has 0 fully saturated rings. The smallest absolute Gasteiger partial charge is 0.268 e. The number of rotatable bonds is 3. The van der Waals surface area contributed by atoms with Crippen LogP contribution in [0.15, 0.2) is 27.6 Å². The minimum Gasteiger partial charge on any atom is -0.327 e. The van der Waals surface area contributed by atoms with Crippen molar-refractivity contribution in [3.8, 4) is 0 Å². The summed E-state index contributed by atoms with van der Waals surface area (Å²) in [7, 11) is 0. The van der Waals surface area contributed by atoms with Gasteiger partial charge in [0.1, 0.15) is 10.3 Å². The predicted molar refractivity (Wildman–Crippen MR) is 59.1 cm³/mol. The first-order valence-corrected chi connectivity index (χ1v) is 5.03. The van der Waals surface area contributed by atoms with E-state index in [2.05, 4.69) is 20.9 Å². The predicted octanol–water partition coefficient (Wildman–Crippen LogP) is 0.829. The maximum atomic E-state index is 11.6. The number of hydrogen-bond acceptors (Lipinski definition) is 3. The Balaban J connectivity index is 3.01. The van der Waals surface area contributed by atoms with E-state index < -0.39 is 0 Å². The van der Waals surface area contributed by atoms with E-state index in [0.29, 0.717) is 23.4 Å². The van der Waals surface area contributed by atoms with Crippen molar-refractivity contribution in [2.45, 2.75) is 13.5 Å². The molecule has 5 heteroatoms. The Bertz CT molecular complexity index is 398. The zero-order valence-corrected chi connectivity index (χ0v) is 9.49. The first-order chi connectivity index (χ1) is 6.66. The van der Waals surface area contributed by atoms with Crippen molar-refractivity contribution in [1.82, 2.24) is 9.55 Å². The van der Waals surface area contributed by atoms with Crippen molar-refractivity contribution >= 4 is 15.9 Å². The van der Waals surface area contributed by atoms with Crippen LogP contribution in [0.4, 0.5) is 0 Å². The second-order valence-electron chi connectivity index (χ2n) is 2.78. The van der Waals surface area contributed by atoms with Crippen molar-refractivity contribution < 1.29 is 0 Å². The largest absolute Gasteiger partial charge is 0.327 e. The van der Waals surface area contributed by atoms with Gasteiger partial charge in [-0.3, -0.25) is 9.36 Å². The van der Waals surface area contributed by atoms with Gasteiger partial charge in [0.15, 0.2) is 0 Å². The second kappa shape index (κ2) is 5.07. The lowest BCUT2D eigenvalue weighted by Gasteiger charge is -2.05. The van der Waals surface area contributed by atoms with Gasteiger partial charge in [0.25, 0.3) is 5.56 Å². The molecule has 2 N–H and O–H groups in total. The summed E-state index contributed by atoms with van der Waals surface area (Å²) < 4.78 is 2.06. The van der Waals surface area contributed by atoms with E-state index >= 15 is 0 Å². The Morgan fingerprint density at radius 1 is 1.64 bits per heavy atom. The van der Waals surface area contributed by atoms with Crippen LogP contribution >= 0.6 is 15.9 Å². The maximum Gasteiger partial charge on any atom is 0.268 e. The molecule has 1 heterocycles. The Kier molecular flexibility index (Phi) is 4.03. The minimum atomic E-state index is -0.0702. The Labute approximate surface area is 90.6 Å². The first-order valence-electron chi connectivity index (χ1n) is 4.24. The molecule has 0 unspecified atom stereocenters. The minimum absolute atomic E-state index is 0.0702. The van der Waals surface area contributed by atoms with E-state index in [-0.39, 0.29) is 5.56 Å². The zero-order valence-electron chi connectivity index (χ0n) is 7.90. The van der Waals surface area contributed by atoms with Gasteiger partial charge in [0, 0.05) is 19.3 Å². The van der Waals surface area contributed by atoms with Gasteiger partial charge < -0.3 is 5.73 Å². The lowest BCUT2D eigenvalue weighted by atomic mass is 10.4. The third-order valence-electron chi connectivity index (χ3n) is 1.80. The van der Waals surface area contributed by atoms with Gasteiger partial charge in [-0.25, -0.2) is 4.98 Å². The van der Waals surface area contributed by atoms with Gasteiger partial charge in [-0.2, -0.15) is 0 Å². The molecule has 76 valence electrons. The van der Waals surface area contributed by atoms with E-state index in [4.69, 9.17) is 5.73 Å². The third-order valence-corrected chi connectivity index (χ3v) is 2.34. The molecule has 0 radical (unpaired) electrons. The monoisotopic (exact) mass is 257 g/mol. The fourth-order valence-corrected chi connectivity index (χ4v) is 1.36. The lowest BCUT2D eigenvalue weighted by Crippen LogP contribution is -2.23. The molecule has 0 saturated carbocycles. The Morgan fingerprint density at radius 2 is 2.36 bits per heavy atom. The van der Waals surface area contributed by atoms with Crippen molar-refractivity contribution in [2.75, 3.05) is 6.54 Å². The van der Waals surface area contributed by atoms with E-state index in [1.807, 2.05) is 12.2 Å². The van der Waals surface area contributed by atoms with E-state index in [1.165, 1.54) is 6.20 Å². The highest BCUT2D eigenvalue weighted by Gasteiger charge is 2.02. The number of hydrogen-bond donors (Lipinski definition) is 1. The molecule has 1 rings (SSSR count). The molecule has 0 amide bonds. The maximum absolute atomic E-state index is 11.6. The standard InChI is InChI=1S/C9H12BrN3O/c1-7-12-6-8(10)9(14)13(7)5-3-2-4-11/h2-3,6H,4-5,11H2,1H3/b3-2+. The quantitative estimate of drug-likeness (QED) is 0.817. The summed E-state index contributed by atoms with van der Waals surface area (Å²) in [6.07, 6.45) is 5.18. The fourth-order valence-electron chi connectivity index (χ4n) is 1.04. The first kappa shape index (κ1) is 11.1. The topological polar surface area (TPSA) is 60.9 Å². The fraction of sp³-hybridized carbons (Fsp3) is 0.333. The van der Waals surface area contributed by atoms with Crippen molar-refractivity contribution in [1.29, 1.82) is 0 Å². The van der Waals surface area contributed by atoms with Crippen LogP contribution in [0.3, 0.4) is 0 Å². The van der Waals surface area contributed by atoms with Gasteiger partial charge in [-0.15, -0.1) is 0 Å². The van der Waals surface area contributed by atoms with E-state index in [9.17, 15) is 4.79 Å². The van der Waals surface area contributed by atoms with Crippen LogP contribution in [0.2, 0.25) is 0 Å². The molecule has 0 aromatic carbocycles.